The number of rotatable bonds is 5. The van der Waals surface area contributed by atoms with Gasteiger partial charge in [-0.05, 0) is 49.9 Å². The topological polar surface area (TPSA) is 46.2 Å². The van der Waals surface area contributed by atoms with Crippen LogP contribution in [-0.4, -0.2) is 33.5 Å². The second kappa shape index (κ2) is 6.37. The number of hydrogen-bond donors (Lipinski definition) is 1. The summed E-state index contributed by atoms with van der Waals surface area (Å²) >= 11 is 3.57. The molecule has 5 heteroatoms. The molecule has 1 fully saturated rings. The van der Waals surface area contributed by atoms with E-state index in [2.05, 4.69) is 27.3 Å². The molecule has 0 bridgehead atoms. The van der Waals surface area contributed by atoms with E-state index in [0.29, 0.717) is 17.4 Å². The van der Waals surface area contributed by atoms with Crippen molar-refractivity contribution in [3.63, 3.8) is 0 Å². The molecule has 19 heavy (non-hydrogen) atoms. The zero-order chi connectivity index (χ0) is 13.9. The van der Waals surface area contributed by atoms with Gasteiger partial charge in [-0.15, -0.1) is 0 Å². The maximum atomic E-state index is 11.6. The largest absolute Gasteiger partial charge is 0.319 e. The van der Waals surface area contributed by atoms with Crippen LogP contribution in [0.3, 0.4) is 0 Å². The van der Waals surface area contributed by atoms with Crippen molar-refractivity contribution in [1.29, 1.82) is 0 Å². The Labute approximate surface area is 123 Å². The summed E-state index contributed by atoms with van der Waals surface area (Å²) in [5.41, 5.74) is 1.26. The molecule has 0 amide bonds. The highest BCUT2D eigenvalue weighted by Crippen LogP contribution is 2.30. The molecule has 3 nitrogen and oxygen atoms in total. The Hall–Kier alpha value is -0.390. The lowest BCUT2D eigenvalue weighted by molar-refractivity contribution is 0.351. The lowest BCUT2D eigenvalue weighted by Crippen LogP contribution is -2.28. The molecule has 2 atom stereocenters. The van der Waals surface area contributed by atoms with Crippen LogP contribution < -0.4 is 5.32 Å². The smallest absolute Gasteiger partial charge is 0.150 e. The predicted molar refractivity (Wildman–Crippen MR) is 82.0 cm³/mol. The van der Waals surface area contributed by atoms with Gasteiger partial charge in [0.1, 0.15) is 0 Å². The Kier molecular flexibility index (Phi) is 5.03. The molecule has 106 valence electrons. The van der Waals surface area contributed by atoms with Gasteiger partial charge in [0.05, 0.1) is 11.5 Å². The minimum Gasteiger partial charge on any atom is -0.319 e. The Morgan fingerprint density at radius 2 is 2.16 bits per heavy atom. The van der Waals surface area contributed by atoms with Crippen LogP contribution in [0.1, 0.15) is 12.0 Å². The monoisotopic (exact) mass is 345 g/mol. The van der Waals surface area contributed by atoms with Gasteiger partial charge in [-0.1, -0.05) is 34.1 Å². The molecular formula is C14H20BrNO2S. The fraction of sp³-hybridized carbons (Fsp3) is 0.571. The van der Waals surface area contributed by atoms with Crippen molar-refractivity contribution in [2.45, 2.75) is 12.8 Å². The number of sulfone groups is 1. The molecular weight excluding hydrogens is 326 g/mol. The van der Waals surface area contributed by atoms with E-state index >= 15 is 0 Å². The van der Waals surface area contributed by atoms with Crippen molar-refractivity contribution in [3.8, 4) is 0 Å². The first kappa shape index (κ1) is 15.0. The molecule has 1 aromatic carbocycles. The zero-order valence-corrected chi connectivity index (χ0v) is 13.5. The number of hydrogen-bond acceptors (Lipinski definition) is 3. The lowest BCUT2D eigenvalue weighted by atomic mass is 9.86. The Bertz CT molecular complexity index is 530. The van der Waals surface area contributed by atoms with Gasteiger partial charge in [0.15, 0.2) is 9.84 Å². The summed E-state index contributed by atoms with van der Waals surface area (Å²) < 4.78 is 24.4. The van der Waals surface area contributed by atoms with E-state index in [4.69, 9.17) is 0 Å². The van der Waals surface area contributed by atoms with E-state index in [-0.39, 0.29) is 5.92 Å². The quantitative estimate of drug-likeness (QED) is 0.890. The minimum atomic E-state index is -2.80. The molecule has 1 aliphatic rings. The van der Waals surface area contributed by atoms with E-state index in [1.807, 2.05) is 25.2 Å². The summed E-state index contributed by atoms with van der Waals surface area (Å²) in [6.07, 6.45) is 1.72. The third kappa shape index (κ3) is 4.04. The molecule has 0 spiro atoms. The molecule has 2 rings (SSSR count). The second-order valence-corrected chi connectivity index (χ2v) is 8.36. The zero-order valence-electron chi connectivity index (χ0n) is 11.1. The van der Waals surface area contributed by atoms with E-state index < -0.39 is 9.84 Å². The summed E-state index contributed by atoms with van der Waals surface area (Å²) in [7, 11) is -0.874. The van der Waals surface area contributed by atoms with Crippen LogP contribution in [-0.2, 0) is 16.3 Å². The van der Waals surface area contributed by atoms with Crippen LogP contribution in [0, 0.1) is 11.8 Å². The highest BCUT2D eigenvalue weighted by Gasteiger charge is 2.33. The SMILES string of the molecule is CNCC(Cc1ccccc1Br)C1CCS(=O)(=O)C1. The molecule has 0 aliphatic carbocycles. The van der Waals surface area contributed by atoms with Gasteiger partial charge in [0, 0.05) is 4.47 Å². The third-order valence-electron chi connectivity index (χ3n) is 3.84. The highest BCUT2D eigenvalue weighted by molar-refractivity contribution is 9.10. The van der Waals surface area contributed by atoms with Crippen molar-refractivity contribution >= 4 is 25.8 Å². The molecule has 0 saturated carbocycles. The van der Waals surface area contributed by atoms with Gasteiger partial charge in [0.25, 0.3) is 0 Å². The van der Waals surface area contributed by atoms with E-state index in [0.717, 1.165) is 23.9 Å². The maximum Gasteiger partial charge on any atom is 0.150 e. The molecule has 1 aliphatic heterocycles. The van der Waals surface area contributed by atoms with E-state index in [1.165, 1.54) is 5.56 Å². The Morgan fingerprint density at radius 1 is 1.42 bits per heavy atom. The fourth-order valence-corrected chi connectivity index (χ4v) is 5.18. The molecule has 0 aromatic heterocycles. The minimum absolute atomic E-state index is 0.282. The number of benzene rings is 1. The molecule has 0 radical (unpaired) electrons. The van der Waals surface area contributed by atoms with Crippen molar-refractivity contribution in [3.05, 3.63) is 34.3 Å². The van der Waals surface area contributed by atoms with Crippen LogP contribution in [0.25, 0.3) is 0 Å². The van der Waals surface area contributed by atoms with E-state index in [9.17, 15) is 8.42 Å². The Balaban J connectivity index is 2.11. The first-order valence-electron chi connectivity index (χ1n) is 6.60. The lowest BCUT2D eigenvalue weighted by Gasteiger charge is -2.23. The Morgan fingerprint density at radius 3 is 2.74 bits per heavy atom. The summed E-state index contributed by atoms with van der Waals surface area (Å²) in [5, 5.41) is 3.20. The number of nitrogens with one attached hydrogen (secondary N) is 1. The van der Waals surface area contributed by atoms with Gasteiger partial charge in [-0.25, -0.2) is 8.42 Å². The molecule has 2 unspecified atom stereocenters. The third-order valence-corrected chi connectivity index (χ3v) is 6.41. The van der Waals surface area contributed by atoms with Gasteiger partial charge >= 0.3 is 0 Å². The molecule has 1 aromatic rings. The van der Waals surface area contributed by atoms with Crippen LogP contribution >= 0.6 is 15.9 Å². The average molecular weight is 346 g/mol. The van der Waals surface area contributed by atoms with Crippen LogP contribution in [0.2, 0.25) is 0 Å². The summed E-state index contributed by atoms with van der Waals surface area (Å²) in [4.78, 5) is 0. The van der Waals surface area contributed by atoms with Crippen molar-refractivity contribution in [2.75, 3.05) is 25.1 Å². The maximum absolute atomic E-state index is 11.6. The van der Waals surface area contributed by atoms with Crippen LogP contribution in [0.4, 0.5) is 0 Å². The molecule has 1 heterocycles. The molecule has 1 N–H and O–H groups in total. The normalized spacial score (nSPS) is 23.4. The summed E-state index contributed by atoms with van der Waals surface area (Å²) in [5.74, 6) is 1.36. The first-order valence-corrected chi connectivity index (χ1v) is 9.21. The van der Waals surface area contributed by atoms with Crippen LogP contribution in [0.15, 0.2) is 28.7 Å². The van der Waals surface area contributed by atoms with Gasteiger partial charge in [0.2, 0.25) is 0 Å². The van der Waals surface area contributed by atoms with Crippen LogP contribution in [0.5, 0.6) is 0 Å². The van der Waals surface area contributed by atoms with Gasteiger partial charge in [-0.2, -0.15) is 0 Å². The molecule has 1 saturated heterocycles. The first-order chi connectivity index (χ1) is 9.02. The van der Waals surface area contributed by atoms with Crippen molar-refractivity contribution in [1.82, 2.24) is 5.32 Å². The average Bonchev–Trinajstić information content (AvgIpc) is 2.72. The summed E-state index contributed by atoms with van der Waals surface area (Å²) in [6.45, 7) is 0.863. The van der Waals surface area contributed by atoms with Crippen molar-refractivity contribution < 1.29 is 8.42 Å². The van der Waals surface area contributed by atoms with Gasteiger partial charge < -0.3 is 5.32 Å². The highest BCUT2D eigenvalue weighted by atomic mass is 79.9. The standard InChI is InChI=1S/C14H20BrNO2S/c1-16-9-13(12-6-7-19(17,18)10-12)8-11-4-2-3-5-14(11)15/h2-5,12-13,16H,6-10H2,1H3. The van der Waals surface area contributed by atoms with E-state index in [1.54, 1.807) is 0 Å². The predicted octanol–water partition coefficient (Wildman–Crippen LogP) is 2.26. The second-order valence-electron chi connectivity index (χ2n) is 5.28. The summed E-state index contributed by atoms with van der Waals surface area (Å²) in [6, 6.07) is 8.18. The fourth-order valence-electron chi connectivity index (χ4n) is 2.81. The van der Waals surface area contributed by atoms with Crippen molar-refractivity contribution in [2.24, 2.45) is 11.8 Å². The van der Waals surface area contributed by atoms with Gasteiger partial charge in [-0.3, -0.25) is 0 Å². The number of halogens is 1.